The highest BCUT2D eigenvalue weighted by molar-refractivity contribution is 6.10. The number of H-pyrrole nitrogens is 2. The lowest BCUT2D eigenvalue weighted by molar-refractivity contribution is 0.272. The van der Waals surface area contributed by atoms with Gasteiger partial charge in [-0.15, -0.1) is 0 Å². The number of hydrogen-bond donors (Lipinski definition) is 2. The number of aromatic nitrogens is 8. The van der Waals surface area contributed by atoms with E-state index < -0.39 is 0 Å². The van der Waals surface area contributed by atoms with Crippen LogP contribution in [0.4, 0.5) is 0 Å². The summed E-state index contributed by atoms with van der Waals surface area (Å²) in [5.74, 6) is 5.82. The molecular weight excluding hydrogens is 753 g/mol. The van der Waals surface area contributed by atoms with Crippen molar-refractivity contribution in [3.63, 3.8) is 0 Å². The molecule has 0 amide bonds. The van der Waals surface area contributed by atoms with E-state index in [2.05, 4.69) is 65.4 Å². The van der Waals surface area contributed by atoms with Crippen LogP contribution in [0.2, 0.25) is 0 Å². The normalized spacial score (nSPS) is 12.2. The minimum Gasteiger partial charge on any atom is -0.493 e. The first kappa shape index (κ1) is 38.9. The summed E-state index contributed by atoms with van der Waals surface area (Å²) in [6.45, 7) is 19.1. The topological polar surface area (TPSA) is 146 Å². The molecular formula is C48H50N8O4. The number of rotatable bonds is 12. The van der Waals surface area contributed by atoms with Gasteiger partial charge in [0.2, 0.25) is 0 Å². The van der Waals surface area contributed by atoms with Crippen LogP contribution in [0.25, 0.3) is 89.7 Å². The van der Waals surface area contributed by atoms with Gasteiger partial charge in [-0.2, -0.15) is 0 Å². The Morgan fingerprint density at radius 3 is 1.10 bits per heavy atom. The third-order valence-corrected chi connectivity index (χ3v) is 10.1. The molecule has 0 saturated carbocycles. The Kier molecular flexibility index (Phi) is 10.3. The van der Waals surface area contributed by atoms with E-state index in [1.165, 1.54) is 0 Å². The smallest absolute Gasteiger partial charge is 0.168 e. The molecule has 0 fully saturated rings. The summed E-state index contributed by atoms with van der Waals surface area (Å²) in [5, 5.41) is 3.22. The number of aromatic amines is 2. The molecule has 8 bridgehead atoms. The first-order chi connectivity index (χ1) is 29.0. The van der Waals surface area contributed by atoms with Crippen molar-refractivity contribution in [1.82, 2.24) is 39.9 Å². The van der Waals surface area contributed by atoms with Gasteiger partial charge in [-0.05, 0) is 47.9 Å². The molecule has 0 aliphatic carbocycles. The fraction of sp³-hybridized carbons (Fsp3) is 0.333. The van der Waals surface area contributed by atoms with Gasteiger partial charge in [0.1, 0.15) is 45.6 Å². The largest absolute Gasteiger partial charge is 0.493 e. The SMILES string of the molecule is CC(C)COc1cccc2c1-c1nc-2nc2[nH]c(nc3nc(nc4[nH]c(n1)c1c(OCC(C)C)cccc41)-c1cccc(OCC(C)C)c1-3)c1c(OCC(C)C)cccc21. The van der Waals surface area contributed by atoms with E-state index in [4.69, 9.17) is 48.9 Å². The first-order valence-electron chi connectivity index (χ1n) is 20.9. The molecule has 2 N–H and O–H groups in total. The van der Waals surface area contributed by atoms with Crippen molar-refractivity contribution in [3.8, 4) is 68.5 Å². The minimum atomic E-state index is 0.304. The second-order valence-corrected chi connectivity index (χ2v) is 17.1. The van der Waals surface area contributed by atoms with Crippen molar-refractivity contribution in [2.24, 2.45) is 23.7 Å². The van der Waals surface area contributed by atoms with Crippen LogP contribution in [0, 0.1) is 23.7 Å². The standard InChI is InChI=1S/C48H50N8O4/c1-25(2)21-57-33-17-9-13-29-37(33)45-51-41(29)49-42-31-15-11-19-35(59-23-27(5)6)39(31)47(53-42)56-48-40-32(16-12-20-36(40)60-24-28(7)8)44(54-48)50-43-30-14-10-18-34(58-22-26(3)4)38(30)46(52-43)55-45/h9-20,25-28H,21-24H2,1-8H3,(H2,49,50,51,52,53,54,55,56). The molecule has 60 heavy (non-hydrogen) atoms. The summed E-state index contributed by atoms with van der Waals surface area (Å²) in [6.07, 6.45) is 0. The predicted octanol–water partition coefficient (Wildman–Crippen LogP) is 11.0. The van der Waals surface area contributed by atoms with Crippen molar-refractivity contribution >= 4 is 44.1 Å². The molecule has 12 nitrogen and oxygen atoms in total. The first-order valence-corrected chi connectivity index (χ1v) is 20.9. The molecule has 0 atom stereocenters. The zero-order chi connectivity index (χ0) is 41.7. The zero-order valence-electron chi connectivity index (χ0n) is 35.4. The highest BCUT2D eigenvalue weighted by Gasteiger charge is 2.27. The number of nitrogens with one attached hydrogen (secondary N) is 2. The van der Waals surface area contributed by atoms with Crippen molar-refractivity contribution in [1.29, 1.82) is 0 Å². The number of ether oxygens (including phenoxy) is 4. The van der Waals surface area contributed by atoms with Crippen LogP contribution in [0.3, 0.4) is 0 Å². The maximum absolute atomic E-state index is 6.45. The van der Waals surface area contributed by atoms with E-state index in [0.717, 1.165) is 43.8 Å². The molecule has 0 unspecified atom stereocenters. The fourth-order valence-electron chi connectivity index (χ4n) is 7.37. The van der Waals surface area contributed by atoms with Crippen LogP contribution < -0.4 is 18.9 Å². The van der Waals surface area contributed by atoms with Crippen LogP contribution in [-0.2, 0) is 0 Å². The summed E-state index contributed by atoms with van der Waals surface area (Å²) in [5.41, 5.74) is 5.33. The van der Waals surface area contributed by atoms with E-state index >= 15 is 0 Å². The second-order valence-electron chi connectivity index (χ2n) is 17.1. The van der Waals surface area contributed by atoms with E-state index in [-0.39, 0.29) is 0 Å². The average Bonchev–Trinajstić information content (AvgIpc) is 3.96. The Labute approximate surface area is 348 Å². The number of hydrogen-bond acceptors (Lipinski definition) is 10. The molecule has 0 radical (unpaired) electrons. The Bertz CT molecular complexity index is 2730. The minimum absolute atomic E-state index is 0.304. The number of nitrogens with zero attached hydrogens (tertiary/aromatic N) is 6. The maximum atomic E-state index is 6.45. The molecule has 3 aromatic heterocycles. The fourth-order valence-corrected chi connectivity index (χ4v) is 7.37. The van der Waals surface area contributed by atoms with Crippen molar-refractivity contribution < 1.29 is 18.9 Å². The lowest BCUT2D eigenvalue weighted by atomic mass is 10.1. The van der Waals surface area contributed by atoms with Gasteiger partial charge in [-0.25, -0.2) is 29.9 Å². The third kappa shape index (κ3) is 7.35. The van der Waals surface area contributed by atoms with Gasteiger partial charge in [0, 0.05) is 21.9 Å². The van der Waals surface area contributed by atoms with Crippen LogP contribution in [0.15, 0.2) is 72.8 Å². The molecule has 7 aromatic rings. The zero-order valence-corrected chi connectivity index (χ0v) is 35.4. The van der Waals surface area contributed by atoms with Gasteiger partial charge < -0.3 is 28.9 Å². The van der Waals surface area contributed by atoms with Crippen LogP contribution >= 0.6 is 0 Å². The monoisotopic (exact) mass is 802 g/mol. The molecule has 2 aliphatic rings. The number of fused-ring (bicyclic) bond motifs is 20. The van der Waals surface area contributed by atoms with Gasteiger partial charge in [-0.3, -0.25) is 0 Å². The molecule has 5 heterocycles. The van der Waals surface area contributed by atoms with Crippen molar-refractivity contribution in [3.05, 3.63) is 72.8 Å². The molecule has 306 valence electrons. The Balaban J connectivity index is 1.43. The molecule has 4 aromatic carbocycles. The van der Waals surface area contributed by atoms with E-state index in [9.17, 15) is 0 Å². The Hall–Kier alpha value is -6.56. The molecule has 12 heteroatoms. The van der Waals surface area contributed by atoms with Gasteiger partial charge in [0.15, 0.2) is 23.3 Å². The van der Waals surface area contributed by atoms with Crippen molar-refractivity contribution in [2.45, 2.75) is 55.4 Å². The lowest BCUT2D eigenvalue weighted by Gasteiger charge is -2.12. The number of benzene rings is 4. The molecule has 0 spiro atoms. The van der Waals surface area contributed by atoms with Gasteiger partial charge in [0.25, 0.3) is 0 Å². The van der Waals surface area contributed by atoms with E-state index in [1.807, 2.05) is 72.8 Å². The summed E-state index contributed by atoms with van der Waals surface area (Å²) < 4.78 is 25.8. The van der Waals surface area contributed by atoms with Crippen LogP contribution in [0.1, 0.15) is 55.4 Å². The van der Waals surface area contributed by atoms with E-state index in [1.54, 1.807) is 0 Å². The highest BCUT2D eigenvalue weighted by Crippen LogP contribution is 2.44. The molecule has 2 aliphatic heterocycles. The maximum Gasteiger partial charge on any atom is 0.168 e. The quantitative estimate of drug-likeness (QED) is 0.122. The van der Waals surface area contributed by atoms with Gasteiger partial charge in [-0.1, -0.05) is 104 Å². The molecule has 0 saturated heterocycles. The molecule has 9 rings (SSSR count). The van der Waals surface area contributed by atoms with Crippen molar-refractivity contribution in [2.75, 3.05) is 26.4 Å². The van der Waals surface area contributed by atoms with E-state index in [0.29, 0.717) is 119 Å². The van der Waals surface area contributed by atoms with Gasteiger partial charge >= 0.3 is 0 Å². The summed E-state index contributed by atoms with van der Waals surface area (Å²) in [7, 11) is 0. The predicted molar refractivity (Wildman–Crippen MR) is 237 cm³/mol. The Morgan fingerprint density at radius 2 is 0.717 bits per heavy atom. The summed E-state index contributed by atoms with van der Waals surface area (Å²) >= 11 is 0. The van der Waals surface area contributed by atoms with Crippen LogP contribution in [-0.4, -0.2) is 66.3 Å². The average molecular weight is 803 g/mol. The summed E-state index contributed by atoms with van der Waals surface area (Å²) in [6, 6.07) is 23.8. The lowest BCUT2D eigenvalue weighted by Crippen LogP contribution is -2.05. The third-order valence-electron chi connectivity index (χ3n) is 10.1. The van der Waals surface area contributed by atoms with Gasteiger partial charge in [0.05, 0.1) is 48.3 Å². The Morgan fingerprint density at radius 1 is 0.383 bits per heavy atom. The van der Waals surface area contributed by atoms with Crippen LogP contribution in [0.5, 0.6) is 23.0 Å². The second kappa shape index (κ2) is 15.9. The highest BCUT2D eigenvalue weighted by atomic mass is 16.5. The summed E-state index contributed by atoms with van der Waals surface area (Å²) in [4.78, 5) is 38.6.